The van der Waals surface area contributed by atoms with Crippen molar-refractivity contribution in [2.24, 2.45) is 17.6 Å². The average Bonchev–Trinajstić information content (AvgIpc) is 2.97. The van der Waals surface area contributed by atoms with Gasteiger partial charge in [0.1, 0.15) is 0 Å². The predicted molar refractivity (Wildman–Crippen MR) is 71.2 cm³/mol. The van der Waals surface area contributed by atoms with E-state index >= 15 is 0 Å². The van der Waals surface area contributed by atoms with Crippen LogP contribution in [-0.4, -0.2) is 16.7 Å². The van der Waals surface area contributed by atoms with Crippen LogP contribution in [0.1, 0.15) is 63.6 Å². The minimum atomic E-state index is 0.460. The van der Waals surface area contributed by atoms with Gasteiger partial charge in [0.25, 0.3) is 0 Å². The first-order valence-corrected chi connectivity index (χ1v) is 7.21. The third kappa shape index (κ3) is 3.55. The topological polar surface area (TPSA) is 64.9 Å². The number of nitrogens with two attached hydrogens (primary N) is 1. The van der Waals surface area contributed by atoms with Crippen LogP contribution >= 0.6 is 0 Å². The summed E-state index contributed by atoms with van der Waals surface area (Å²) in [6, 6.07) is 0. The maximum atomic E-state index is 5.81. The molecule has 1 unspecified atom stereocenters. The zero-order chi connectivity index (χ0) is 13.0. The Morgan fingerprint density at radius 1 is 1.33 bits per heavy atom. The minimum absolute atomic E-state index is 0.460. The molecule has 4 heteroatoms. The molecule has 1 aromatic heterocycles. The average molecular weight is 251 g/mol. The van der Waals surface area contributed by atoms with Gasteiger partial charge in [-0.2, -0.15) is 4.98 Å². The van der Waals surface area contributed by atoms with E-state index in [1.165, 1.54) is 25.7 Å². The van der Waals surface area contributed by atoms with Gasteiger partial charge in [-0.15, -0.1) is 0 Å². The molecular formula is C14H25N3O. The van der Waals surface area contributed by atoms with Crippen LogP contribution in [-0.2, 0) is 6.42 Å². The minimum Gasteiger partial charge on any atom is -0.339 e. The van der Waals surface area contributed by atoms with Gasteiger partial charge in [0.15, 0.2) is 5.82 Å². The summed E-state index contributed by atoms with van der Waals surface area (Å²) in [4.78, 5) is 4.55. The van der Waals surface area contributed by atoms with Crippen LogP contribution in [0, 0.1) is 11.8 Å². The lowest BCUT2D eigenvalue weighted by atomic mass is 9.94. The Kier molecular flexibility index (Phi) is 4.75. The lowest BCUT2D eigenvalue weighted by Crippen LogP contribution is -2.19. The maximum Gasteiger partial charge on any atom is 0.226 e. The Labute approximate surface area is 109 Å². The Bertz CT molecular complexity index is 356. The molecule has 102 valence electrons. The molecule has 0 aliphatic heterocycles. The standard InChI is InChI=1S/C14H25N3O/c1-10(2)7-11(9-15)8-13-16-14(17-18-13)12-5-3-4-6-12/h10-12H,3-9,15H2,1-2H3. The highest BCUT2D eigenvalue weighted by molar-refractivity contribution is 4.98. The van der Waals surface area contributed by atoms with Crippen LogP contribution in [0.25, 0.3) is 0 Å². The maximum absolute atomic E-state index is 5.81. The monoisotopic (exact) mass is 251 g/mol. The van der Waals surface area contributed by atoms with Gasteiger partial charge in [-0.3, -0.25) is 0 Å². The lowest BCUT2D eigenvalue weighted by Gasteiger charge is -2.14. The van der Waals surface area contributed by atoms with E-state index < -0.39 is 0 Å². The van der Waals surface area contributed by atoms with Crippen molar-refractivity contribution in [1.82, 2.24) is 10.1 Å². The summed E-state index contributed by atoms with van der Waals surface area (Å²) in [5.74, 6) is 3.34. The van der Waals surface area contributed by atoms with Crippen LogP contribution in [0.5, 0.6) is 0 Å². The number of hydrogen-bond donors (Lipinski definition) is 1. The van der Waals surface area contributed by atoms with Crippen molar-refractivity contribution in [2.75, 3.05) is 6.54 Å². The molecule has 1 aromatic rings. The normalized spacial score (nSPS) is 18.7. The van der Waals surface area contributed by atoms with Gasteiger partial charge in [0.2, 0.25) is 5.89 Å². The van der Waals surface area contributed by atoms with Crippen LogP contribution in [0.3, 0.4) is 0 Å². The van der Waals surface area contributed by atoms with Gasteiger partial charge in [0, 0.05) is 12.3 Å². The molecule has 0 spiro atoms. The van der Waals surface area contributed by atoms with E-state index in [-0.39, 0.29) is 0 Å². The van der Waals surface area contributed by atoms with E-state index in [2.05, 4.69) is 24.0 Å². The van der Waals surface area contributed by atoms with E-state index in [0.717, 1.165) is 24.6 Å². The van der Waals surface area contributed by atoms with Crippen molar-refractivity contribution in [3.05, 3.63) is 11.7 Å². The molecule has 0 radical (unpaired) electrons. The summed E-state index contributed by atoms with van der Waals surface area (Å²) in [5.41, 5.74) is 5.81. The summed E-state index contributed by atoms with van der Waals surface area (Å²) in [7, 11) is 0. The van der Waals surface area contributed by atoms with Gasteiger partial charge in [0.05, 0.1) is 0 Å². The zero-order valence-corrected chi connectivity index (χ0v) is 11.6. The molecule has 1 aliphatic carbocycles. The Balaban J connectivity index is 1.92. The molecule has 0 bridgehead atoms. The predicted octanol–water partition coefficient (Wildman–Crippen LogP) is 2.89. The Morgan fingerprint density at radius 3 is 2.67 bits per heavy atom. The number of nitrogens with zero attached hydrogens (tertiary/aromatic N) is 2. The number of hydrogen-bond acceptors (Lipinski definition) is 4. The van der Waals surface area contributed by atoms with Crippen molar-refractivity contribution in [3.8, 4) is 0 Å². The largest absolute Gasteiger partial charge is 0.339 e. The highest BCUT2D eigenvalue weighted by atomic mass is 16.5. The van der Waals surface area contributed by atoms with Gasteiger partial charge >= 0.3 is 0 Å². The molecule has 0 amide bonds. The second-order valence-electron chi connectivity index (χ2n) is 5.96. The van der Waals surface area contributed by atoms with E-state index in [1.807, 2.05) is 0 Å². The second-order valence-corrected chi connectivity index (χ2v) is 5.96. The van der Waals surface area contributed by atoms with Crippen molar-refractivity contribution >= 4 is 0 Å². The summed E-state index contributed by atoms with van der Waals surface area (Å²) in [6.07, 6.45) is 6.98. The molecule has 4 nitrogen and oxygen atoms in total. The van der Waals surface area contributed by atoms with Gasteiger partial charge in [-0.25, -0.2) is 0 Å². The Hall–Kier alpha value is -0.900. The first-order valence-electron chi connectivity index (χ1n) is 7.21. The molecule has 1 saturated carbocycles. The summed E-state index contributed by atoms with van der Waals surface area (Å²) in [5, 5.41) is 4.14. The second kappa shape index (κ2) is 6.32. The van der Waals surface area contributed by atoms with Crippen molar-refractivity contribution in [3.63, 3.8) is 0 Å². The fourth-order valence-corrected chi connectivity index (χ4v) is 2.88. The number of rotatable bonds is 6. The van der Waals surface area contributed by atoms with E-state index in [1.54, 1.807) is 0 Å². The van der Waals surface area contributed by atoms with E-state index in [9.17, 15) is 0 Å². The molecule has 1 aliphatic rings. The van der Waals surface area contributed by atoms with E-state index in [4.69, 9.17) is 10.3 Å². The summed E-state index contributed by atoms with van der Waals surface area (Å²) in [6.45, 7) is 5.14. The Morgan fingerprint density at radius 2 is 2.06 bits per heavy atom. The zero-order valence-electron chi connectivity index (χ0n) is 11.6. The molecule has 2 rings (SSSR count). The third-order valence-electron chi connectivity index (χ3n) is 3.81. The molecule has 0 aromatic carbocycles. The molecule has 2 N–H and O–H groups in total. The third-order valence-corrected chi connectivity index (χ3v) is 3.81. The summed E-state index contributed by atoms with van der Waals surface area (Å²) < 4.78 is 5.37. The summed E-state index contributed by atoms with van der Waals surface area (Å²) >= 11 is 0. The highest BCUT2D eigenvalue weighted by Gasteiger charge is 2.23. The fourth-order valence-electron chi connectivity index (χ4n) is 2.88. The first kappa shape index (κ1) is 13.5. The van der Waals surface area contributed by atoms with Crippen LogP contribution in [0.15, 0.2) is 4.52 Å². The van der Waals surface area contributed by atoms with Crippen LogP contribution in [0.4, 0.5) is 0 Å². The lowest BCUT2D eigenvalue weighted by molar-refractivity contribution is 0.328. The molecule has 1 heterocycles. The van der Waals surface area contributed by atoms with Crippen LogP contribution in [0.2, 0.25) is 0 Å². The van der Waals surface area contributed by atoms with Gasteiger partial charge in [-0.1, -0.05) is 31.8 Å². The fraction of sp³-hybridized carbons (Fsp3) is 0.857. The molecule has 0 saturated heterocycles. The molecule has 18 heavy (non-hydrogen) atoms. The molecular weight excluding hydrogens is 226 g/mol. The van der Waals surface area contributed by atoms with Gasteiger partial charge < -0.3 is 10.3 Å². The van der Waals surface area contributed by atoms with Gasteiger partial charge in [-0.05, 0) is 37.6 Å². The smallest absolute Gasteiger partial charge is 0.226 e. The van der Waals surface area contributed by atoms with Crippen LogP contribution < -0.4 is 5.73 Å². The highest BCUT2D eigenvalue weighted by Crippen LogP contribution is 2.32. The quantitative estimate of drug-likeness (QED) is 0.844. The molecule has 1 atom stereocenters. The number of aromatic nitrogens is 2. The SMILES string of the molecule is CC(C)CC(CN)Cc1nc(C2CCCC2)no1. The molecule has 1 fully saturated rings. The van der Waals surface area contributed by atoms with Crippen molar-refractivity contribution < 1.29 is 4.52 Å². The van der Waals surface area contributed by atoms with E-state index in [0.29, 0.717) is 24.3 Å². The van der Waals surface area contributed by atoms with Crippen molar-refractivity contribution in [2.45, 2.75) is 58.3 Å². The first-order chi connectivity index (χ1) is 8.69. The van der Waals surface area contributed by atoms with Crippen molar-refractivity contribution in [1.29, 1.82) is 0 Å².